The van der Waals surface area contributed by atoms with Gasteiger partial charge in [0.2, 0.25) is 11.8 Å². The Morgan fingerprint density at radius 1 is 1.07 bits per heavy atom. The number of carbonyl (C=O) groups excluding carboxylic acids is 2. The first kappa shape index (κ1) is 18.3. The molecule has 2 aliphatic carbocycles. The van der Waals surface area contributed by atoms with Crippen LogP contribution in [-0.2, 0) is 21.5 Å². The van der Waals surface area contributed by atoms with E-state index in [1.54, 1.807) is 12.4 Å². The Morgan fingerprint density at radius 3 is 2.48 bits per heavy atom. The molecule has 5 rings (SSSR count). The second-order valence-electron chi connectivity index (χ2n) is 8.98. The molecule has 2 saturated carbocycles. The minimum Gasteiger partial charge on any atom is -0.352 e. The van der Waals surface area contributed by atoms with Crippen LogP contribution in [0.25, 0.3) is 0 Å². The van der Waals surface area contributed by atoms with Crippen LogP contribution in [0.5, 0.6) is 0 Å². The maximum Gasteiger partial charge on any atom is 0.233 e. The molecule has 1 aromatic carbocycles. The molecule has 1 saturated heterocycles. The number of rotatable bonds is 5. The molecule has 3 fully saturated rings. The standard InChI is InChI=1S/C24H27N3O2/c28-21(26-15-18-6-4-13-25-14-18)20-16-27(17-23(20)9-5-10-23)22(29)24(11-12-24)19-7-2-1-3-8-19/h1-4,6-8,13-14,20H,5,9-12,15-17H2,(H,26,28). The molecular weight excluding hydrogens is 362 g/mol. The van der Waals surface area contributed by atoms with Gasteiger partial charge in [-0.25, -0.2) is 0 Å². The van der Waals surface area contributed by atoms with Gasteiger partial charge in [-0.15, -0.1) is 0 Å². The number of nitrogens with one attached hydrogen (secondary N) is 1. The first-order valence-electron chi connectivity index (χ1n) is 10.6. The summed E-state index contributed by atoms with van der Waals surface area (Å²) in [5.74, 6) is 0.189. The fourth-order valence-corrected chi connectivity index (χ4v) is 5.25. The highest BCUT2D eigenvalue weighted by Gasteiger charge is 2.59. The van der Waals surface area contributed by atoms with Crippen LogP contribution in [0.2, 0.25) is 0 Å². The van der Waals surface area contributed by atoms with Crippen LogP contribution in [0.1, 0.15) is 43.2 Å². The van der Waals surface area contributed by atoms with Gasteiger partial charge in [0, 0.05) is 37.4 Å². The van der Waals surface area contributed by atoms with Gasteiger partial charge in [0.25, 0.3) is 0 Å². The van der Waals surface area contributed by atoms with Crippen molar-refractivity contribution in [2.24, 2.45) is 11.3 Å². The van der Waals surface area contributed by atoms with Crippen LogP contribution in [0, 0.1) is 11.3 Å². The highest BCUT2D eigenvalue weighted by Crippen LogP contribution is 2.55. The summed E-state index contributed by atoms with van der Waals surface area (Å²) in [7, 11) is 0. The number of aromatic nitrogens is 1. The van der Waals surface area contributed by atoms with Crippen molar-refractivity contribution >= 4 is 11.8 Å². The first-order chi connectivity index (χ1) is 14.1. The molecule has 1 unspecified atom stereocenters. The Morgan fingerprint density at radius 2 is 1.86 bits per heavy atom. The number of carbonyl (C=O) groups is 2. The highest BCUT2D eigenvalue weighted by molar-refractivity contribution is 5.92. The van der Waals surface area contributed by atoms with Crippen molar-refractivity contribution in [2.45, 2.75) is 44.1 Å². The lowest BCUT2D eigenvalue weighted by Gasteiger charge is -2.42. The van der Waals surface area contributed by atoms with Crippen molar-refractivity contribution in [1.82, 2.24) is 15.2 Å². The molecule has 1 aliphatic heterocycles. The molecule has 1 N–H and O–H groups in total. The van der Waals surface area contributed by atoms with Crippen molar-refractivity contribution in [3.63, 3.8) is 0 Å². The Balaban J connectivity index is 1.30. The molecule has 1 spiro atoms. The molecule has 1 atom stereocenters. The molecule has 5 nitrogen and oxygen atoms in total. The van der Waals surface area contributed by atoms with Crippen LogP contribution in [0.15, 0.2) is 54.9 Å². The smallest absolute Gasteiger partial charge is 0.233 e. The molecule has 2 aromatic rings. The van der Waals surface area contributed by atoms with Crippen LogP contribution in [0.3, 0.4) is 0 Å². The van der Waals surface area contributed by atoms with E-state index in [1.807, 2.05) is 35.2 Å². The molecule has 1 aromatic heterocycles. The molecular formula is C24H27N3O2. The first-order valence-corrected chi connectivity index (χ1v) is 10.6. The van der Waals surface area contributed by atoms with Crippen molar-refractivity contribution in [3.05, 3.63) is 66.0 Å². The molecule has 0 radical (unpaired) electrons. The number of likely N-dealkylation sites (tertiary alicyclic amines) is 1. The van der Waals surface area contributed by atoms with Gasteiger partial charge in [-0.3, -0.25) is 14.6 Å². The van der Waals surface area contributed by atoms with E-state index in [2.05, 4.69) is 22.4 Å². The van der Waals surface area contributed by atoms with E-state index in [0.29, 0.717) is 13.1 Å². The summed E-state index contributed by atoms with van der Waals surface area (Å²) in [4.78, 5) is 32.7. The molecule has 2 heterocycles. The average Bonchev–Trinajstić information content (AvgIpc) is 3.45. The van der Waals surface area contributed by atoms with Gasteiger partial charge in [0.15, 0.2) is 0 Å². The normalized spacial score (nSPS) is 23.4. The second-order valence-corrected chi connectivity index (χ2v) is 8.98. The Hall–Kier alpha value is -2.69. The molecule has 0 bridgehead atoms. The van der Waals surface area contributed by atoms with Gasteiger partial charge in [0.05, 0.1) is 11.3 Å². The van der Waals surface area contributed by atoms with E-state index in [-0.39, 0.29) is 28.6 Å². The lowest BCUT2D eigenvalue weighted by atomic mass is 9.62. The molecule has 2 amide bonds. The summed E-state index contributed by atoms with van der Waals surface area (Å²) < 4.78 is 0. The third kappa shape index (κ3) is 3.13. The zero-order chi connectivity index (χ0) is 19.9. The SMILES string of the molecule is O=C(NCc1cccnc1)C1CN(C(=O)C2(c3ccccc3)CC2)CC12CCC2. The van der Waals surface area contributed by atoms with E-state index < -0.39 is 0 Å². The van der Waals surface area contributed by atoms with Gasteiger partial charge in [-0.1, -0.05) is 42.8 Å². The van der Waals surface area contributed by atoms with E-state index in [9.17, 15) is 9.59 Å². The quantitative estimate of drug-likeness (QED) is 0.855. The Kier molecular flexibility index (Phi) is 4.41. The minimum absolute atomic E-state index is 0.0263. The molecule has 29 heavy (non-hydrogen) atoms. The van der Waals surface area contributed by atoms with E-state index in [1.165, 1.54) is 0 Å². The third-order valence-electron chi connectivity index (χ3n) is 7.28. The summed E-state index contributed by atoms with van der Waals surface area (Å²) in [6, 6.07) is 14.0. The van der Waals surface area contributed by atoms with Crippen LogP contribution in [-0.4, -0.2) is 34.8 Å². The summed E-state index contributed by atoms with van der Waals surface area (Å²) in [6.07, 6.45) is 8.57. The average molecular weight is 389 g/mol. The Bertz CT molecular complexity index is 904. The van der Waals surface area contributed by atoms with Crippen LogP contribution >= 0.6 is 0 Å². The number of nitrogens with zero attached hydrogens (tertiary/aromatic N) is 2. The Labute approximate surface area is 171 Å². The van der Waals surface area contributed by atoms with E-state index >= 15 is 0 Å². The highest BCUT2D eigenvalue weighted by atomic mass is 16.2. The predicted molar refractivity (Wildman–Crippen MR) is 110 cm³/mol. The number of hydrogen-bond acceptors (Lipinski definition) is 3. The van der Waals surface area contributed by atoms with Gasteiger partial charge in [-0.05, 0) is 42.9 Å². The minimum atomic E-state index is -0.354. The monoisotopic (exact) mass is 389 g/mol. The van der Waals surface area contributed by atoms with E-state index in [0.717, 1.165) is 49.8 Å². The predicted octanol–water partition coefficient (Wildman–Crippen LogP) is 3.06. The van der Waals surface area contributed by atoms with Crippen LogP contribution in [0.4, 0.5) is 0 Å². The van der Waals surface area contributed by atoms with Crippen LogP contribution < -0.4 is 5.32 Å². The lowest BCUT2D eigenvalue weighted by molar-refractivity contribution is -0.133. The van der Waals surface area contributed by atoms with Gasteiger partial charge in [-0.2, -0.15) is 0 Å². The van der Waals surface area contributed by atoms with Crippen molar-refractivity contribution in [1.29, 1.82) is 0 Å². The number of hydrogen-bond donors (Lipinski definition) is 1. The summed E-state index contributed by atoms with van der Waals surface area (Å²) in [6.45, 7) is 1.76. The van der Waals surface area contributed by atoms with Gasteiger partial charge >= 0.3 is 0 Å². The topological polar surface area (TPSA) is 62.3 Å². The third-order valence-corrected chi connectivity index (χ3v) is 7.28. The number of amides is 2. The van der Waals surface area contributed by atoms with Crippen molar-refractivity contribution in [3.8, 4) is 0 Å². The largest absolute Gasteiger partial charge is 0.352 e. The van der Waals surface area contributed by atoms with Gasteiger partial charge < -0.3 is 10.2 Å². The number of benzene rings is 1. The second kappa shape index (κ2) is 6.97. The maximum atomic E-state index is 13.5. The van der Waals surface area contributed by atoms with Crippen molar-refractivity contribution < 1.29 is 9.59 Å². The zero-order valence-corrected chi connectivity index (χ0v) is 16.6. The van der Waals surface area contributed by atoms with Crippen molar-refractivity contribution in [2.75, 3.05) is 13.1 Å². The fourth-order valence-electron chi connectivity index (χ4n) is 5.25. The summed E-state index contributed by atoms with van der Waals surface area (Å²) in [5, 5.41) is 3.09. The maximum absolute atomic E-state index is 13.5. The zero-order valence-electron chi connectivity index (χ0n) is 16.6. The number of pyridine rings is 1. The summed E-state index contributed by atoms with van der Waals surface area (Å²) in [5.41, 5.74) is 1.74. The van der Waals surface area contributed by atoms with Gasteiger partial charge in [0.1, 0.15) is 0 Å². The van der Waals surface area contributed by atoms with E-state index in [4.69, 9.17) is 0 Å². The molecule has 5 heteroatoms. The summed E-state index contributed by atoms with van der Waals surface area (Å²) >= 11 is 0. The fraction of sp³-hybridized carbons (Fsp3) is 0.458. The molecule has 150 valence electrons. The molecule has 3 aliphatic rings. The lowest BCUT2D eigenvalue weighted by Crippen LogP contribution is -2.45.